The molecule has 8 heavy (non-hydrogen) atoms. The number of rotatable bonds is 2. The average Bonchev–Trinajstić information content (AvgIpc) is 1.68. The fourth-order valence-electron chi connectivity index (χ4n) is 0.177. The number of methoxy groups -OCH3 is 2. The second-order valence-electron chi connectivity index (χ2n) is 1.01. The van der Waals surface area contributed by atoms with E-state index >= 15 is 0 Å². The molecule has 0 atom stereocenters. The Morgan fingerprint density at radius 1 is 1.62 bits per heavy atom. The van der Waals surface area contributed by atoms with Crippen molar-refractivity contribution < 1.29 is 45.3 Å². The minimum atomic E-state index is -0.345. The number of ether oxygens (including phenoxy) is 2. The Balaban J connectivity index is -0.000000180. The SMILES string of the molecule is COCC(=O)OC.[H-].[Na+]. The van der Waals surface area contributed by atoms with Gasteiger partial charge in [-0.3, -0.25) is 0 Å². The van der Waals surface area contributed by atoms with Crippen molar-refractivity contribution in [3.63, 3.8) is 0 Å². The van der Waals surface area contributed by atoms with E-state index in [-0.39, 0.29) is 43.6 Å². The molecule has 0 bridgehead atoms. The summed E-state index contributed by atoms with van der Waals surface area (Å²) in [6.07, 6.45) is 0. The molecule has 0 unspecified atom stereocenters. The van der Waals surface area contributed by atoms with Crippen LogP contribution in [0.3, 0.4) is 0 Å². The number of carbonyl (C=O) groups excluding carboxylic acids is 1. The molecule has 0 aromatic heterocycles. The maximum atomic E-state index is 10.1. The molecule has 0 aliphatic rings. The molecule has 0 N–H and O–H groups in total. The van der Waals surface area contributed by atoms with Crippen LogP contribution >= 0.6 is 0 Å². The minimum Gasteiger partial charge on any atom is -1.00 e. The van der Waals surface area contributed by atoms with Gasteiger partial charge >= 0.3 is 35.5 Å². The molecule has 0 spiro atoms. The van der Waals surface area contributed by atoms with Crippen LogP contribution in [0.25, 0.3) is 0 Å². The van der Waals surface area contributed by atoms with Crippen molar-refractivity contribution in [2.24, 2.45) is 0 Å². The Bertz CT molecular complexity index is 68.8. The van der Waals surface area contributed by atoms with Crippen molar-refractivity contribution in [1.82, 2.24) is 0 Å². The topological polar surface area (TPSA) is 35.5 Å². The van der Waals surface area contributed by atoms with Crippen LogP contribution in [0, 0.1) is 0 Å². The van der Waals surface area contributed by atoms with Crippen LogP contribution in [0.1, 0.15) is 1.43 Å². The van der Waals surface area contributed by atoms with E-state index in [0.29, 0.717) is 0 Å². The van der Waals surface area contributed by atoms with Gasteiger partial charge in [0.1, 0.15) is 6.61 Å². The zero-order valence-electron chi connectivity index (χ0n) is 6.43. The van der Waals surface area contributed by atoms with Gasteiger partial charge in [0, 0.05) is 7.11 Å². The first-order valence-electron chi connectivity index (χ1n) is 1.87. The van der Waals surface area contributed by atoms with E-state index in [4.69, 9.17) is 0 Å². The van der Waals surface area contributed by atoms with Gasteiger partial charge in [-0.05, 0) is 0 Å². The standard InChI is InChI=1S/C4H8O3.Na.H/c1-6-3-4(5)7-2;;/h3H2,1-2H3;;/q;+1;-1. The van der Waals surface area contributed by atoms with Gasteiger partial charge < -0.3 is 10.9 Å². The van der Waals surface area contributed by atoms with Crippen LogP contribution < -0.4 is 29.6 Å². The van der Waals surface area contributed by atoms with Gasteiger partial charge in [0.15, 0.2) is 0 Å². The van der Waals surface area contributed by atoms with Gasteiger partial charge in [-0.2, -0.15) is 0 Å². The Kier molecular flexibility index (Phi) is 10.5. The molecule has 0 aromatic rings. The summed E-state index contributed by atoms with van der Waals surface area (Å²) in [5, 5.41) is 0. The molecule has 3 nitrogen and oxygen atoms in total. The molecule has 0 saturated heterocycles. The van der Waals surface area contributed by atoms with Gasteiger partial charge in [-0.15, -0.1) is 0 Å². The zero-order chi connectivity index (χ0) is 5.70. The van der Waals surface area contributed by atoms with E-state index in [1.165, 1.54) is 14.2 Å². The molecule has 0 radical (unpaired) electrons. The van der Waals surface area contributed by atoms with E-state index in [9.17, 15) is 4.79 Å². The Morgan fingerprint density at radius 3 is 2.25 bits per heavy atom. The van der Waals surface area contributed by atoms with Gasteiger partial charge in [-0.25, -0.2) is 4.79 Å². The number of carbonyl (C=O) groups is 1. The third-order valence-corrected chi connectivity index (χ3v) is 0.490. The first-order valence-corrected chi connectivity index (χ1v) is 1.87. The van der Waals surface area contributed by atoms with Crippen molar-refractivity contribution in [1.29, 1.82) is 0 Å². The van der Waals surface area contributed by atoms with Gasteiger partial charge in [-0.1, -0.05) is 0 Å². The Labute approximate surface area is 72.1 Å². The summed E-state index contributed by atoms with van der Waals surface area (Å²) in [7, 11) is 2.76. The normalized spacial score (nSPS) is 7.25. The summed E-state index contributed by atoms with van der Waals surface area (Å²) < 4.78 is 8.65. The van der Waals surface area contributed by atoms with Crippen LogP contribution in [0.4, 0.5) is 0 Å². The molecule has 44 valence electrons. The fourth-order valence-corrected chi connectivity index (χ4v) is 0.177. The summed E-state index contributed by atoms with van der Waals surface area (Å²) in [5.74, 6) is -0.345. The Morgan fingerprint density at radius 2 is 2.12 bits per heavy atom. The molecule has 0 fully saturated rings. The zero-order valence-corrected chi connectivity index (χ0v) is 7.43. The summed E-state index contributed by atoms with van der Waals surface area (Å²) in [4.78, 5) is 10.1. The van der Waals surface area contributed by atoms with Crippen molar-refractivity contribution in [3.8, 4) is 0 Å². The molecule has 0 saturated carbocycles. The predicted molar refractivity (Wildman–Crippen MR) is 25.0 cm³/mol. The Hall–Kier alpha value is 0.430. The fraction of sp³-hybridized carbons (Fsp3) is 0.750. The number of hydrogen-bond acceptors (Lipinski definition) is 3. The molecule has 0 heterocycles. The number of esters is 1. The van der Waals surface area contributed by atoms with E-state index < -0.39 is 0 Å². The predicted octanol–water partition coefficient (Wildman–Crippen LogP) is -3.08. The summed E-state index contributed by atoms with van der Waals surface area (Å²) in [6.45, 7) is 0.0382. The van der Waals surface area contributed by atoms with Gasteiger partial charge in [0.2, 0.25) is 0 Å². The minimum absolute atomic E-state index is 0. The second-order valence-corrected chi connectivity index (χ2v) is 1.01. The smallest absolute Gasteiger partial charge is 1.00 e. The van der Waals surface area contributed by atoms with Crippen molar-refractivity contribution in [3.05, 3.63) is 0 Å². The maximum absolute atomic E-state index is 10.1. The van der Waals surface area contributed by atoms with E-state index in [1.54, 1.807) is 0 Å². The molecule has 0 aliphatic heterocycles. The first kappa shape index (κ1) is 11.3. The van der Waals surface area contributed by atoms with Crippen LogP contribution in [0.5, 0.6) is 0 Å². The molecular weight excluding hydrogens is 119 g/mol. The third-order valence-electron chi connectivity index (χ3n) is 0.490. The monoisotopic (exact) mass is 128 g/mol. The van der Waals surface area contributed by atoms with Crippen molar-refractivity contribution >= 4 is 5.97 Å². The second kappa shape index (κ2) is 7.43. The van der Waals surface area contributed by atoms with Crippen molar-refractivity contribution in [2.75, 3.05) is 20.8 Å². The average molecular weight is 128 g/mol. The molecule has 0 aromatic carbocycles. The molecular formula is C4H9NaO3. The van der Waals surface area contributed by atoms with Gasteiger partial charge in [0.25, 0.3) is 0 Å². The van der Waals surface area contributed by atoms with E-state index in [1.807, 2.05) is 0 Å². The van der Waals surface area contributed by atoms with E-state index in [0.717, 1.165) is 0 Å². The van der Waals surface area contributed by atoms with Crippen molar-refractivity contribution in [2.45, 2.75) is 0 Å². The maximum Gasteiger partial charge on any atom is 1.00 e. The van der Waals surface area contributed by atoms with Crippen LogP contribution in [-0.4, -0.2) is 26.8 Å². The largest absolute Gasteiger partial charge is 1.00 e. The van der Waals surface area contributed by atoms with Crippen LogP contribution in [-0.2, 0) is 14.3 Å². The summed E-state index contributed by atoms with van der Waals surface area (Å²) in [6, 6.07) is 0. The van der Waals surface area contributed by atoms with E-state index in [2.05, 4.69) is 9.47 Å². The van der Waals surface area contributed by atoms with Crippen LogP contribution in [0.2, 0.25) is 0 Å². The molecule has 0 rings (SSSR count). The summed E-state index contributed by atoms with van der Waals surface area (Å²) >= 11 is 0. The van der Waals surface area contributed by atoms with Crippen LogP contribution in [0.15, 0.2) is 0 Å². The third kappa shape index (κ3) is 6.43. The van der Waals surface area contributed by atoms with Gasteiger partial charge in [0.05, 0.1) is 7.11 Å². The molecule has 0 aliphatic carbocycles. The first-order chi connectivity index (χ1) is 3.31. The quantitative estimate of drug-likeness (QED) is 0.292. The molecule has 4 heteroatoms. The number of hydrogen-bond donors (Lipinski definition) is 0. The summed E-state index contributed by atoms with van der Waals surface area (Å²) in [5.41, 5.74) is 0. The molecule has 0 amide bonds.